The highest BCUT2D eigenvalue weighted by molar-refractivity contribution is 5.25. The van der Waals surface area contributed by atoms with Crippen molar-refractivity contribution in [3.05, 3.63) is 11.6 Å². The topological polar surface area (TPSA) is 23.5 Å². The molecule has 1 saturated heterocycles. The van der Waals surface area contributed by atoms with Crippen molar-refractivity contribution in [2.75, 3.05) is 19.6 Å². The molecule has 5 rings (SSSR count). The number of fused-ring (bicyclic) bond motifs is 5. The molecule has 1 N–H and O–H groups in total. The second-order valence-electron chi connectivity index (χ2n) is 12.2. The molecule has 8 atom stereocenters. The van der Waals surface area contributed by atoms with Gasteiger partial charge in [-0.25, -0.2) is 0 Å². The van der Waals surface area contributed by atoms with E-state index in [1.807, 2.05) is 0 Å². The van der Waals surface area contributed by atoms with Crippen LogP contribution < -0.4 is 0 Å². The van der Waals surface area contributed by atoms with Gasteiger partial charge in [-0.05, 0) is 118 Å². The summed E-state index contributed by atoms with van der Waals surface area (Å²) in [7, 11) is 0. The smallest absolute Gasteiger partial charge is 0.0577 e. The van der Waals surface area contributed by atoms with Crippen LogP contribution in [0.3, 0.4) is 0 Å². The molecule has 4 aliphatic carbocycles. The first kappa shape index (κ1) is 20.6. The summed E-state index contributed by atoms with van der Waals surface area (Å²) in [6.45, 7) is 11.9. The van der Waals surface area contributed by atoms with Crippen LogP contribution in [0, 0.1) is 40.4 Å². The highest BCUT2D eigenvalue weighted by atomic mass is 16.3. The summed E-state index contributed by atoms with van der Waals surface area (Å²) in [6, 6.07) is 0. The van der Waals surface area contributed by atoms with Crippen molar-refractivity contribution in [2.24, 2.45) is 40.4 Å². The van der Waals surface area contributed by atoms with E-state index in [0.717, 1.165) is 42.4 Å². The van der Waals surface area contributed by atoms with E-state index in [-0.39, 0.29) is 6.10 Å². The lowest BCUT2D eigenvalue weighted by Gasteiger charge is -2.58. The molecule has 0 aromatic heterocycles. The van der Waals surface area contributed by atoms with Gasteiger partial charge in [0.15, 0.2) is 0 Å². The Hall–Kier alpha value is -0.340. The van der Waals surface area contributed by atoms with Gasteiger partial charge in [0, 0.05) is 6.54 Å². The van der Waals surface area contributed by atoms with E-state index < -0.39 is 0 Å². The van der Waals surface area contributed by atoms with Crippen LogP contribution in [-0.4, -0.2) is 35.7 Å². The molecule has 0 spiro atoms. The van der Waals surface area contributed by atoms with Gasteiger partial charge in [-0.2, -0.15) is 0 Å². The van der Waals surface area contributed by atoms with Gasteiger partial charge in [0.1, 0.15) is 0 Å². The van der Waals surface area contributed by atoms with Crippen molar-refractivity contribution in [1.29, 1.82) is 0 Å². The fraction of sp³-hybridized carbons (Fsp3) is 0.926. The maximum Gasteiger partial charge on any atom is 0.0577 e. The maximum atomic E-state index is 10.2. The zero-order valence-corrected chi connectivity index (χ0v) is 19.3. The molecule has 164 valence electrons. The first-order valence-electron chi connectivity index (χ1n) is 13.0. The summed E-state index contributed by atoms with van der Waals surface area (Å²) in [5, 5.41) is 10.2. The summed E-state index contributed by atoms with van der Waals surface area (Å²) >= 11 is 0. The van der Waals surface area contributed by atoms with Gasteiger partial charge in [-0.1, -0.05) is 38.8 Å². The Morgan fingerprint density at radius 3 is 2.62 bits per heavy atom. The summed E-state index contributed by atoms with van der Waals surface area (Å²) < 4.78 is 0. The second-order valence-corrected chi connectivity index (χ2v) is 12.2. The van der Waals surface area contributed by atoms with E-state index >= 15 is 0 Å². The molecule has 5 aliphatic rings. The molecule has 3 unspecified atom stereocenters. The average Bonchev–Trinajstić information content (AvgIpc) is 3.06. The zero-order chi connectivity index (χ0) is 20.2. The van der Waals surface area contributed by atoms with Crippen LogP contribution in [0.25, 0.3) is 0 Å². The number of hydrogen-bond donors (Lipinski definition) is 1. The van der Waals surface area contributed by atoms with E-state index in [9.17, 15) is 5.11 Å². The van der Waals surface area contributed by atoms with Crippen molar-refractivity contribution in [3.8, 4) is 0 Å². The largest absolute Gasteiger partial charge is 0.393 e. The fourth-order valence-electron chi connectivity index (χ4n) is 9.29. The molecule has 0 radical (unpaired) electrons. The standard InChI is InChI=1S/C27H45NO/c1-19(18-28-15-5-4-6-16-28)23-9-10-24-22-8-7-20-17-21(29)11-13-26(20,2)25(22)12-14-27(23,24)3/h7,19,21-25,29H,4-6,8-18H2,1-3H3/t19-,21+,22?,23-,24?,25?,26+,27-/m1/s1. The SMILES string of the molecule is C[C@H](CN1CCCCC1)[C@H]1CCC2C3CC=C4C[C@@H](O)CC[C@]4(C)C3CC[C@@]21C. The van der Waals surface area contributed by atoms with E-state index in [2.05, 4.69) is 31.7 Å². The first-order chi connectivity index (χ1) is 13.9. The quantitative estimate of drug-likeness (QED) is 0.584. The molecule has 3 saturated carbocycles. The van der Waals surface area contributed by atoms with Crippen LogP contribution in [-0.2, 0) is 0 Å². The second kappa shape index (κ2) is 7.66. The molecular weight excluding hydrogens is 354 g/mol. The minimum Gasteiger partial charge on any atom is -0.393 e. The van der Waals surface area contributed by atoms with E-state index in [4.69, 9.17) is 0 Å². The molecule has 1 heterocycles. The number of nitrogens with zero attached hydrogens (tertiary/aromatic N) is 1. The molecule has 0 aromatic carbocycles. The van der Waals surface area contributed by atoms with Gasteiger partial charge >= 0.3 is 0 Å². The van der Waals surface area contributed by atoms with Gasteiger partial charge in [0.05, 0.1) is 6.10 Å². The molecule has 0 amide bonds. The molecule has 0 bridgehead atoms. The van der Waals surface area contributed by atoms with Crippen molar-refractivity contribution < 1.29 is 5.11 Å². The van der Waals surface area contributed by atoms with Gasteiger partial charge in [0.25, 0.3) is 0 Å². The zero-order valence-electron chi connectivity index (χ0n) is 19.3. The van der Waals surface area contributed by atoms with Crippen molar-refractivity contribution in [2.45, 2.75) is 97.5 Å². The highest BCUT2D eigenvalue weighted by Crippen LogP contribution is 2.67. The number of aliphatic hydroxyl groups excluding tert-OH is 1. The fourth-order valence-corrected chi connectivity index (χ4v) is 9.29. The first-order valence-corrected chi connectivity index (χ1v) is 13.0. The number of allylic oxidation sites excluding steroid dienone is 1. The Morgan fingerprint density at radius 1 is 1.03 bits per heavy atom. The summed E-state index contributed by atoms with van der Waals surface area (Å²) in [5.74, 6) is 4.52. The molecule has 1 aliphatic heterocycles. The molecule has 2 nitrogen and oxygen atoms in total. The highest BCUT2D eigenvalue weighted by Gasteiger charge is 2.59. The summed E-state index contributed by atoms with van der Waals surface area (Å²) in [4.78, 5) is 2.78. The Labute approximate surface area is 179 Å². The van der Waals surface area contributed by atoms with Gasteiger partial charge in [-0.3, -0.25) is 0 Å². The monoisotopic (exact) mass is 399 g/mol. The van der Waals surface area contributed by atoms with Crippen LogP contribution in [0.1, 0.15) is 91.4 Å². The maximum absolute atomic E-state index is 10.2. The molecule has 4 fully saturated rings. The van der Waals surface area contributed by atoms with Crippen molar-refractivity contribution in [3.63, 3.8) is 0 Å². The third-order valence-corrected chi connectivity index (χ3v) is 10.8. The third kappa shape index (κ3) is 3.36. The van der Waals surface area contributed by atoms with Crippen LogP contribution in [0.5, 0.6) is 0 Å². The van der Waals surface area contributed by atoms with Crippen LogP contribution in [0.4, 0.5) is 0 Å². The van der Waals surface area contributed by atoms with Gasteiger partial charge in [0.2, 0.25) is 0 Å². The number of piperidine rings is 1. The molecule has 2 heteroatoms. The predicted octanol–water partition coefficient (Wildman–Crippen LogP) is 6.05. The molecular formula is C27H45NO. The number of aliphatic hydroxyl groups is 1. The minimum atomic E-state index is -0.0776. The Kier molecular flexibility index (Phi) is 5.43. The number of likely N-dealkylation sites (tertiary alicyclic amines) is 1. The lowest BCUT2D eigenvalue weighted by atomic mass is 9.47. The normalized spacial score (nSPS) is 49.0. The van der Waals surface area contributed by atoms with Crippen molar-refractivity contribution >= 4 is 0 Å². The minimum absolute atomic E-state index is 0.0776. The number of rotatable bonds is 3. The average molecular weight is 400 g/mol. The van der Waals surface area contributed by atoms with E-state index in [1.54, 1.807) is 5.57 Å². The van der Waals surface area contributed by atoms with E-state index in [0.29, 0.717) is 10.8 Å². The van der Waals surface area contributed by atoms with Gasteiger partial charge in [-0.15, -0.1) is 0 Å². The van der Waals surface area contributed by atoms with Crippen molar-refractivity contribution in [1.82, 2.24) is 4.90 Å². The van der Waals surface area contributed by atoms with Crippen LogP contribution in [0.2, 0.25) is 0 Å². The van der Waals surface area contributed by atoms with Gasteiger partial charge < -0.3 is 10.0 Å². The molecule has 0 aromatic rings. The Morgan fingerprint density at radius 2 is 1.83 bits per heavy atom. The lowest BCUT2D eigenvalue weighted by Crippen LogP contribution is -2.51. The summed E-state index contributed by atoms with van der Waals surface area (Å²) in [5.41, 5.74) is 2.59. The Bertz CT molecular complexity index is 636. The van der Waals surface area contributed by atoms with Crippen LogP contribution in [0.15, 0.2) is 11.6 Å². The lowest BCUT2D eigenvalue weighted by molar-refractivity contribution is -0.0587. The molecule has 29 heavy (non-hydrogen) atoms. The van der Waals surface area contributed by atoms with Crippen LogP contribution >= 0.6 is 0 Å². The number of hydrogen-bond acceptors (Lipinski definition) is 2. The van der Waals surface area contributed by atoms with E-state index in [1.165, 1.54) is 77.4 Å². The predicted molar refractivity (Wildman–Crippen MR) is 121 cm³/mol. The Balaban J connectivity index is 1.33. The summed E-state index contributed by atoms with van der Waals surface area (Å²) in [6.07, 6.45) is 17.2. The third-order valence-electron chi connectivity index (χ3n) is 10.8.